The van der Waals surface area contributed by atoms with Crippen LogP contribution in [-0.4, -0.2) is 15.0 Å². The van der Waals surface area contributed by atoms with E-state index in [2.05, 4.69) is 38.1 Å². The maximum atomic E-state index is 6.42. The molecule has 3 nitrogen and oxygen atoms in total. The summed E-state index contributed by atoms with van der Waals surface area (Å²) < 4.78 is 0. The summed E-state index contributed by atoms with van der Waals surface area (Å²) in [5.41, 5.74) is 4.74. The molecule has 1 aromatic heterocycles. The van der Waals surface area contributed by atoms with Crippen LogP contribution in [0.5, 0.6) is 0 Å². The van der Waals surface area contributed by atoms with Crippen LogP contribution in [0, 0.1) is 6.92 Å². The Morgan fingerprint density at radius 2 is 1.64 bits per heavy atom. The molecular weight excluding hydrogens is 353 g/mol. The lowest BCUT2D eigenvalue weighted by Crippen LogP contribution is -2.02. The summed E-state index contributed by atoms with van der Waals surface area (Å²) in [6.07, 6.45) is 3.40. The number of halogens is 2. The SMILES string of the molecule is CCCCCn1nc(-c2ccc(C)cc2)c(-c2ccc(Cl)cc2Cl)n1. The van der Waals surface area contributed by atoms with E-state index in [-0.39, 0.29) is 0 Å². The molecule has 0 aliphatic heterocycles. The van der Waals surface area contributed by atoms with Crippen molar-refractivity contribution in [2.24, 2.45) is 0 Å². The second kappa shape index (κ2) is 8.03. The molecule has 5 heteroatoms. The van der Waals surface area contributed by atoms with Gasteiger partial charge in [-0.15, -0.1) is 0 Å². The van der Waals surface area contributed by atoms with E-state index in [1.807, 2.05) is 12.1 Å². The third-order valence-corrected chi connectivity index (χ3v) is 4.68. The van der Waals surface area contributed by atoms with Gasteiger partial charge in [0.1, 0.15) is 11.4 Å². The molecule has 0 aliphatic rings. The number of aryl methyl sites for hydroxylation is 2. The highest BCUT2D eigenvalue weighted by Gasteiger charge is 2.17. The lowest BCUT2D eigenvalue weighted by atomic mass is 10.0. The van der Waals surface area contributed by atoms with Gasteiger partial charge in [0.25, 0.3) is 0 Å². The third kappa shape index (κ3) is 4.23. The van der Waals surface area contributed by atoms with E-state index in [9.17, 15) is 0 Å². The zero-order valence-electron chi connectivity index (χ0n) is 14.5. The number of hydrogen-bond donors (Lipinski definition) is 0. The summed E-state index contributed by atoms with van der Waals surface area (Å²) in [5, 5.41) is 10.7. The van der Waals surface area contributed by atoms with Crippen molar-refractivity contribution in [1.82, 2.24) is 15.0 Å². The van der Waals surface area contributed by atoms with Crippen LogP contribution in [0.3, 0.4) is 0 Å². The van der Waals surface area contributed by atoms with E-state index in [1.165, 1.54) is 18.4 Å². The molecule has 0 saturated heterocycles. The summed E-state index contributed by atoms with van der Waals surface area (Å²) in [7, 11) is 0. The van der Waals surface area contributed by atoms with Crippen LogP contribution in [0.2, 0.25) is 10.0 Å². The van der Waals surface area contributed by atoms with E-state index in [0.717, 1.165) is 35.5 Å². The van der Waals surface area contributed by atoms with Gasteiger partial charge in [0, 0.05) is 16.1 Å². The Bertz CT molecular complexity index is 854. The Labute approximate surface area is 158 Å². The number of nitrogens with zero attached hydrogens (tertiary/aromatic N) is 3. The van der Waals surface area contributed by atoms with E-state index < -0.39 is 0 Å². The van der Waals surface area contributed by atoms with Crippen LogP contribution in [0.4, 0.5) is 0 Å². The van der Waals surface area contributed by atoms with Crippen molar-refractivity contribution in [2.75, 3.05) is 0 Å². The molecule has 3 rings (SSSR count). The number of rotatable bonds is 6. The molecule has 0 radical (unpaired) electrons. The molecule has 2 aromatic carbocycles. The predicted octanol–water partition coefficient (Wildman–Crippen LogP) is 6.42. The topological polar surface area (TPSA) is 30.7 Å². The molecule has 0 bridgehead atoms. The van der Waals surface area contributed by atoms with Gasteiger partial charge < -0.3 is 0 Å². The van der Waals surface area contributed by atoms with Crippen LogP contribution >= 0.6 is 23.2 Å². The van der Waals surface area contributed by atoms with Crippen molar-refractivity contribution in [3.05, 3.63) is 58.1 Å². The number of benzene rings is 2. The molecule has 0 spiro atoms. The molecule has 3 aromatic rings. The van der Waals surface area contributed by atoms with Gasteiger partial charge in [-0.05, 0) is 31.5 Å². The first-order valence-electron chi connectivity index (χ1n) is 8.56. The maximum Gasteiger partial charge on any atom is 0.122 e. The van der Waals surface area contributed by atoms with Crippen molar-refractivity contribution in [2.45, 2.75) is 39.7 Å². The van der Waals surface area contributed by atoms with Crippen molar-refractivity contribution < 1.29 is 0 Å². The van der Waals surface area contributed by atoms with Crippen LogP contribution in [0.1, 0.15) is 31.7 Å². The normalized spacial score (nSPS) is 11.0. The Balaban J connectivity index is 2.06. The van der Waals surface area contributed by atoms with Gasteiger partial charge in [-0.3, -0.25) is 0 Å². The van der Waals surface area contributed by atoms with Crippen molar-refractivity contribution in [1.29, 1.82) is 0 Å². The predicted molar refractivity (Wildman–Crippen MR) is 105 cm³/mol. The van der Waals surface area contributed by atoms with Gasteiger partial charge in [0.15, 0.2) is 0 Å². The van der Waals surface area contributed by atoms with E-state index in [4.69, 9.17) is 33.4 Å². The van der Waals surface area contributed by atoms with Gasteiger partial charge in [0.2, 0.25) is 0 Å². The fourth-order valence-corrected chi connectivity index (χ4v) is 3.22. The van der Waals surface area contributed by atoms with E-state index in [1.54, 1.807) is 10.9 Å². The monoisotopic (exact) mass is 373 g/mol. The Kier molecular flexibility index (Phi) is 5.77. The number of hydrogen-bond acceptors (Lipinski definition) is 2. The van der Waals surface area contributed by atoms with Crippen LogP contribution in [-0.2, 0) is 6.54 Å². The fourth-order valence-electron chi connectivity index (χ4n) is 2.72. The minimum Gasteiger partial charge on any atom is -0.184 e. The molecule has 0 aliphatic carbocycles. The fraction of sp³-hybridized carbons (Fsp3) is 0.300. The molecule has 0 unspecified atom stereocenters. The first kappa shape index (κ1) is 18.0. The smallest absolute Gasteiger partial charge is 0.122 e. The van der Waals surface area contributed by atoms with Gasteiger partial charge in [-0.2, -0.15) is 15.0 Å². The van der Waals surface area contributed by atoms with Crippen LogP contribution in [0.15, 0.2) is 42.5 Å². The highest BCUT2D eigenvalue weighted by atomic mass is 35.5. The molecule has 0 fully saturated rings. The number of aromatic nitrogens is 3. The quantitative estimate of drug-likeness (QED) is 0.466. The Morgan fingerprint density at radius 1 is 0.920 bits per heavy atom. The molecule has 0 saturated carbocycles. The van der Waals surface area contributed by atoms with Crippen molar-refractivity contribution in [3.63, 3.8) is 0 Å². The zero-order valence-corrected chi connectivity index (χ0v) is 16.0. The molecular formula is C20H21Cl2N3. The molecule has 25 heavy (non-hydrogen) atoms. The molecule has 0 atom stereocenters. The highest BCUT2D eigenvalue weighted by molar-refractivity contribution is 6.36. The largest absolute Gasteiger partial charge is 0.184 e. The average molecular weight is 374 g/mol. The molecule has 130 valence electrons. The van der Waals surface area contributed by atoms with E-state index >= 15 is 0 Å². The minimum absolute atomic E-state index is 0.585. The van der Waals surface area contributed by atoms with Gasteiger partial charge >= 0.3 is 0 Å². The maximum absolute atomic E-state index is 6.42. The lowest BCUT2D eigenvalue weighted by Gasteiger charge is -2.04. The standard InChI is InChI=1S/C20H21Cl2N3/c1-3-4-5-12-25-23-19(15-8-6-14(2)7-9-15)20(24-25)17-11-10-16(21)13-18(17)22/h6-11,13H,3-5,12H2,1-2H3. The second-order valence-corrected chi connectivity index (χ2v) is 7.03. The van der Waals surface area contributed by atoms with Crippen molar-refractivity contribution in [3.8, 4) is 22.5 Å². The minimum atomic E-state index is 0.585. The molecule has 1 heterocycles. The van der Waals surface area contributed by atoms with Crippen LogP contribution < -0.4 is 0 Å². The highest BCUT2D eigenvalue weighted by Crippen LogP contribution is 2.35. The number of unbranched alkanes of at least 4 members (excludes halogenated alkanes) is 2. The lowest BCUT2D eigenvalue weighted by molar-refractivity contribution is 0.498. The summed E-state index contributed by atoms with van der Waals surface area (Å²) in [6.45, 7) is 5.06. The molecule has 0 amide bonds. The third-order valence-electron chi connectivity index (χ3n) is 4.13. The second-order valence-electron chi connectivity index (χ2n) is 6.19. The Hall–Kier alpha value is -1.84. The summed E-state index contributed by atoms with van der Waals surface area (Å²) in [5.74, 6) is 0. The van der Waals surface area contributed by atoms with Crippen molar-refractivity contribution >= 4 is 23.2 Å². The first-order chi connectivity index (χ1) is 12.1. The van der Waals surface area contributed by atoms with Crippen LogP contribution in [0.25, 0.3) is 22.5 Å². The molecule has 0 N–H and O–H groups in total. The summed E-state index contributed by atoms with van der Waals surface area (Å²) in [4.78, 5) is 1.78. The first-order valence-corrected chi connectivity index (χ1v) is 9.31. The van der Waals surface area contributed by atoms with Gasteiger partial charge in [-0.25, -0.2) is 0 Å². The van der Waals surface area contributed by atoms with Gasteiger partial charge in [0.05, 0.1) is 11.6 Å². The van der Waals surface area contributed by atoms with E-state index in [0.29, 0.717) is 10.0 Å². The average Bonchev–Trinajstić information content (AvgIpc) is 3.00. The zero-order chi connectivity index (χ0) is 17.8. The Morgan fingerprint density at radius 3 is 2.32 bits per heavy atom. The summed E-state index contributed by atoms with van der Waals surface area (Å²) >= 11 is 12.5. The van der Waals surface area contributed by atoms with Gasteiger partial charge in [-0.1, -0.05) is 72.8 Å². The summed E-state index contributed by atoms with van der Waals surface area (Å²) in [6, 6.07) is 13.8.